The molecule has 34 heavy (non-hydrogen) atoms. The zero-order valence-corrected chi connectivity index (χ0v) is 19.5. The number of nitrogens with one attached hydrogen (secondary N) is 1. The quantitative estimate of drug-likeness (QED) is 0.472. The van der Waals surface area contributed by atoms with Gasteiger partial charge in [-0.2, -0.15) is 5.26 Å². The number of carbonyl (C=O) groups is 2. The molecule has 0 heterocycles. The van der Waals surface area contributed by atoms with E-state index in [-0.39, 0.29) is 0 Å². The highest BCUT2D eigenvalue weighted by Crippen LogP contribution is 2.20. The van der Waals surface area contributed by atoms with E-state index < -0.39 is 29.8 Å². The van der Waals surface area contributed by atoms with Crippen LogP contribution in [0.3, 0.4) is 0 Å². The van der Waals surface area contributed by atoms with Crippen LogP contribution >= 0.6 is 0 Å². The van der Waals surface area contributed by atoms with Gasteiger partial charge in [-0.1, -0.05) is 72.8 Å². The fourth-order valence-corrected chi connectivity index (χ4v) is 3.37. The number of nitriles is 1. The van der Waals surface area contributed by atoms with Crippen LogP contribution in [0.1, 0.15) is 36.7 Å². The number of amides is 1. The molecule has 0 saturated heterocycles. The largest absolute Gasteiger partial charge is 0.444 e. The summed E-state index contributed by atoms with van der Waals surface area (Å²) in [5, 5.41) is 12.5. The molecule has 0 unspecified atom stereocenters. The second-order valence-electron chi connectivity index (χ2n) is 8.84. The van der Waals surface area contributed by atoms with Gasteiger partial charge in [0.2, 0.25) is 6.10 Å². The van der Waals surface area contributed by atoms with Gasteiger partial charge in [-0.15, -0.1) is 0 Å². The second kappa shape index (κ2) is 11.2. The predicted molar refractivity (Wildman–Crippen MR) is 130 cm³/mol. The van der Waals surface area contributed by atoms with E-state index in [0.29, 0.717) is 12.0 Å². The Balaban J connectivity index is 1.75. The zero-order valence-electron chi connectivity index (χ0n) is 19.5. The maximum absolute atomic E-state index is 12.8. The molecule has 0 aromatic heterocycles. The Morgan fingerprint density at radius 3 is 2.00 bits per heavy atom. The molecule has 174 valence electrons. The number of benzene rings is 3. The van der Waals surface area contributed by atoms with Crippen LogP contribution in [-0.2, 0) is 15.9 Å². The van der Waals surface area contributed by atoms with Crippen LogP contribution < -0.4 is 5.32 Å². The fourth-order valence-electron chi connectivity index (χ4n) is 3.37. The molecule has 6 heteroatoms. The van der Waals surface area contributed by atoms with Crippen molar-refractivity contribution < 1.29 is 19.1 Å². The summed E-state index contributed by atoms with van der Waals surface area (Å²) in [5.74, 6) is -0.643. The molecule has 1 amide bonds. The van der Waals surface area contributed by atoms with Crippen LogP contribution in [0.4, 0.5) is 4.79 Å². The van der Waals surface area contributed by atoms with Crippen LogP contribution in [0.2, 0.25) is 0 Å². The third-order valence-electron chi connectivity index (χ3n) is 4.95. The number of ether oxygens (including phenoxy) is 2. The minimum absolute atomic E-state index is 0.290. The van der Waals surface area contributed by atoms with Crippen LogP contribution in [0.5, 0.6) is 0 Å². The van der Waals surface area contributed by atoms with Gasteiger partial charge in [0, 0.05) is 0 Å². The zero-order chi connectivity index (χ0) is 24.6. The molecule has 0 spiro atoms. The molecule has 0 saturated carbocycles. The number of alkyl carbamates (subject to hydrolysis) is 1. The first-order chi connectivity index (χ1) is 16.2. The fraction of sp³-hybridized carbons (Fsp3) is 0.250. The van der Waals surface area contributed by atoms with Gasteiger partial charge < -0.3 is 14.8 Å². The molecule has 1 N–H and O–H groups in total. The van der Waals surface area contributed by atoms with Crippen LogP contribution in [-0.4, -0.2) is 29.8 Å². The second-order valence-corrected chi connectivity index (χ2v) is 8.84. The van der Waals surface area contributed by atoms with E-state index in [0.717, 1.165) is 16.7 Å². The molecule has 0 aliphatic rings. The topological polar surface area (TPSA) is 88.4 Å². The first kappa shape index (κ1) is 24.5. The van der Waals surface area contributed by atoms with E-state index in [2.05, 4.69) is 5.32 Å². The highest BCUT2D eigenvalue weighted by atomic mass is 16.6. The predicted octanol–water partition coefficient (Wildman–Crippen LogP) is 5.54. The number of hydrogen-bond donors (Lipinski definition) is 1. The van der Waals surface area contributed by atoms with Crippen LogP contribution in [0.25, 0.3) is 11.1 Å². The van der Waals surface area contributed by atoms with Gasteiger partial charge in [0.1, 0.15) is 11.7 Å². The molecular weight excluding hydrogens is 428 g/mol. The standard InChI is InChI=1S/C28H28N2O4/c1-28(2,3)34-27(32)30-24(18-20-10-6-4-7-11-20)25(19-29)33-26(31)23-16-14-22(15-17-23)21-12-8-5-9-13-21/h4-17,24-25H,18H2,1-3H3,(H,30,32)/t24-,25+/m0/s1. The van der Waals surface area contributed by atoms with Crippen molar-refractivity contribution in [2.75, 3.05) is 0 Å². The highest BCUT2D eigenvalue weighted by Gasteiger charge is 2.29. The first-order valence-corrected chi connectivity index (χ1v) is 11.0. The van der Waals surface area contributed by atoms with E-state index in [1.807, 2.05) is 78.9 Å². The van der Waals surface area contributed by atoms with Gasteiger partial charge in [-0.3, -0.25) is 0 Å². The summed E-state index contributed by atoms with van der Waals surface area (Å²) in [6.07, 6.45) is -1.61. The van der Waals surface area contributed by atoms with Gasteiger partial charge in [0.25, 0.3) is 0 Å². The Morgan fingerprint density at radius 2 is 1.44 bits per heavy atom. The normalized spacial score (nSPS) is 12.6. The molecule has 3 aromatic carbocycles. The van der Waals surface area contributed by atoms with Crippen LogP contribution in [0.15, 0.2) is 84.9 Å². The van der Waals surface area contributed by atoms with Gasteiger partial charge >= 0.3 is 12.1 Å². The van der Waals surface area contributed by atoms with E-state index in [1.165, 1.54) is 0 Å². The lowest BCUT2D eigenvalue weighted by Gasteiger charge is -2.26. The third-order valence-corrected chi connectivity index (χ3v) is 4.95. The molecule has 0 aliphatic carbocycles. The lowest BCUT2D eigenvalue weighted by atomic mass is 10.0. The number of carbonyl (C=O) groups excluding carboxylic acids is 2. The van der Waals surface area contributed by atoms with E-state index >= 15 is 0 Å². The smallest absolute Gasteiger partial charge is 0.408 e. The lowest BCUT2D eigenvalue weighted by molar-refractivity contribution is 0.0260. The number of rotatable bonds is 7. The maximum atomic E-state index is 12.8. The molecule has 3 aromatic rings. The minimum Gasteiger partial charge on any atom is -0.444 e. The van der Waals surface area contributed by atoms with E-state index in [1.54, 1.807) is 32.9 Å². The molecule has 0 bridgehead atoms. The minimum atomic E-state index is -1.21. The summed E-state index contributed by atoms with van der Waals surface area (Å²) < 4.78 is 10.9. The van der Waals surface area contributed by atoms with Crippen molar-refractivity contribution >= 4 is 12.1 Å². The third kappa shape index (κ3) is 7.21. The first-order valence-electron chi connectivity index (χ1n) is 11.0. The van der Waals surface area contributed by atoms with Crippen molar-refractivity contribution in [3.8, 4) is 17.2 Å². The van der Waals surface area contributed by atoms with Gasteiger partial charge in [-0.25, -0.2) is 9.59 Å². The molecule has 0 aliphatic heterocycles. The highest BCUT2D eigenvalue weighted by molar-refractivity contribution is 5.90. The maximum Gasteiger partial charge on any atom is 0.408 e. The van der Waals surface area contributed by atoms with E-state index in [9.17, 15) is 14.9 Å². The van der Waals surface area contributed by atoms with Crippen molar-refractivity contribution in [2.24, 2.45) is 0 Å². The average molecular weight is 457 g/mol. The summed E-state index contributed by atoms with van der Waals surface area (Å²) in [7, 11) is 0. The summed E-state index contributed by atoms with van der Waals surface area (Å²) in [6, 6.07) is 27.3. The molecule has 0 fully saturated rings. The Morgan fingerprint density at radius 1 is 0.882 bits per heavy atom. The van der Waals surface area contributed by atoms with E-state index in [4.69, 9.17) is 9.47 Å². The van der Waals surface area contributed by atoms with Gasteiger partial charge in [-0.05, 0) is 56.0 Å². The molecule has 3 rings (SSSR count). The van der Waals surface area contributed by atoms with Gasteiger partial charge in [0.05, 0.1) is 11.6 Å². The van der Waals surface area contributed by atoms with Gasteiger partial charge in [0.15, 0.2) is 0 Å². The van der Waals surface area contributed by atoms with Crippen LogP contribution in [0, 0.1) is 11.3 Å². The molecule has 2 atom stereocenters. The van der Waals surface area contributed by atoms with Crippen molar-refractivity contribution in [2.45, 2.75) is 44.9 Å². The summed E-state index contributed by atoms with van der Waals surface area (Å²) in [6.45, 7) is 5.25. The summed E-state index contributed by atoms with van der Waals surface area (Å²) in [4.78, 5) is 25.2. The summed E-state index contributed by atoms with van der Waals surface area (Å²) >= 11 is 0. The molecular formula is C28H28N2O4. The average Bonchev–Trinajstić information content (AvgIpc) is 2.82. The number of esters is 1. The molecule has 6 nitrogen and oxygen atoms in total. The van der Waals surface area contributed by atoms with Crippen molar-refractivity contribution in [1.82, 2.24) is 5.32 Å². The lowest BCUT2D eigenvalue weighted by Crippen LogP contribution is -2.47. The number of hydrogen-bond acceptors (Lipinski definition) is 5. The molecule has 0 radical (unpaired) electrons. The number of nitrogens with zero attached hydrogens (tertiary/aromatic N) is 1. The summed E-state index contributed by atoms with van der Waals surface area (Å²) in [5.41, 5.74) is 2.48. The SMILES string of the molecule is CC(C)(C)OC(=O)N[C@@H](Cc1ccccc1)[C@@H](C#N)OC(=O)c1ccc(-c2ccccc2)cc1. The Kier molecular flexibility index (Phi) is 8.05. The Labute approximate surface area is 200 Å². The van der Waals surface area contributed by atoms with Crippen molar-refractivity contribution in [3.63, 3.8) is 0 Å². The Bertz CT molecular complexity index is 1130. The Hall–Kier alpha value is -4.11. The van der Waals surface area contributed by atoms with Crippen molar-refractivity contribution in [3.05, 3.63) is 96.1 Å². The van der Waals surface area contributed by atoms with Crippen molar-refractivity contribution in [1.29, 1.82) is 5.26 Å². The monoisotopic (exact) mass is 456 g/mol.